The Morgan fingerprint density at radius 3 is 2.44 bits per heavy atom. The number of esters is 1. The largest absolute Gasteiger partial charge is 0.462 e. The van der Waals surface area contributed by atoms with Crippen molar-refractivity contribution in [2.75, 3.05) is 19.7 Å². The highest BCUT2D eigenvalue weighted by molar-refractivity contribution is 7.08. The topological polar surface area (TPSA) is 65.1 Å². The molecule has 214 valence electrons. The van der Waals surface area contributed by atoms with Gasteiger partial charge in [0.1, 0.15) is 5.60 Å². The van der Waals surface area contributed by atoms with Crippen molar-refractivity contribution in [2.45, 2.75) is 57.8 Å². The molecule has 0 bridgehead atoms. The maximum atomic E-state index is 12.9. The second-order valence-corrected chi connectivity index (χ2v) is 12.3. The van der Waals surface area contributed by atoms with Crippen LogP contribution in [0.4, 0.5) is 4.79 Å². The molecule has 0 saturated carbocycles. The zero-order valence-corrected chi connectivity index (χ0v) is 24.7. The molecule has 1 fully saturated rings. The predicted molar refractivity (Wildman–Crippen MR) is 162 cm³/mol. The highest BCUT2D eigenvalue weighted by atomic mass is 32.1. The zero-order valence-electron chi connectivity index (χ0n) is 23.9. The molecule has 0 radical (unpaired) electrons. The fourth-order valence-corrected chi connectivity index (χ4v) is 5.77. The van der Waals surface area contributed by atoms with Gasteiger partial charge in [-0.2, -0.15) is 11.3 Å². The molecule has 3 aromatic carbocycles. The summed E-state index contributed by atoms with van der Waals surface area (Å²) in [6.45, 7) is 7.52. The van der Waals surface area contributed by atoms with Crippen LogP contribution < -0.4 is 0 Å². The van der Waals surface area contributed by atoms with Crippen LogP contribution in [0.1, 0.15) is 60.2 Å². The van der Waals surface area contributed by atoms with Gasteiger partial charge in [-0.25, -0.2) is 9.59 Å². The number of thiophene rings is 1. The molecule has 1 amide bonds. The SMILES string of the molecule is CC(C)(C)OC(=O)N1CCC(c2ccc(CCOC(=O)c3ccsc3)cc2)C(OCc2ccc3ccccc3c2)C1. The van der Waals surface area contributed by atoms with Crippen LogP contribution in [-0.4, -0.2) is 48.4 Å². The van der Waals surface area contributed by atoms with E-state index in [9.17, 15) is 9.59 Å². The minimum atomic E-state index is -0.552. The summed E-state index contributed by atoms with van der Waals surface area (Å²) in [6, 6.07) is 24.9. The van der Waals surface area contributed by atoms with E-state index in [1.807, 2.05) is 38.3 Å². The van der Waals surface area contributed by atoms with Crippen molar-refractivity contribution in [1.82, 2.24) is 4.90 Å². The molecular weight excluding hydrogens is 534 g/mol. The highest BCUT2D eigenvalue weighted by Gasteiger charge is 2.35. The number of fused-ring (bicyclic) bond motifs is 1. The van der Waals surface area contributed by atoms with E-state index in [0.717, 1.165) is 17.5 Å². The Hall–Kier alpha value is -3.68. The predicted octanol–water partition coefficient (Wildman–Crippen LogP) is 7.61. The van der Waals surface area contributed by atoms with Crippen LogP contribution >= 0.6 is 11.3 Å². The third-order valence-corrected chi connectivity index (χ3v) is 7.96. The Bertz CT molecular complexity index is 1460. The number of nitrogens with zero attached hydrogens (tertiary/aromatic N) is 1. The van der Waals surface area contributed by atoms with E-state index >= 15 is 0 Å². The molecule has 0 spiro atoms. The first-order chi connectivity index (χ1) is 19.7. The number of carbonyl (C=O) groups is 2. The van der Waals surface area contributed by atoms with Crippen molar-refractivity contribution in [3.63, 3.8) is 0 Å². The summed E-state index contributed by atoms with van der Waals surface area (Å²) < 4.78 is 17.6. The van der Waals surface area contributed by atoms with Gasteiger partial charge in [-0.15, -0.1) is 0 Å². The van der Waals surface area contributed by atoms with Gasteiger partial charge in [0.15, 0.2) is 0 Å². The summed E-state index contributed by atoms with van der Waals surface area (Å²) in [5.41, 5.74) is 3.42. The van der Waals surface area contributed by atoms with Crippen LogP contribution in [0.3, 0.4) is 0 Å². The fourth-order valence-electron chi connectivity index (χ4n) is 5.15. The minimum absolute atomic E-state index is 0.139. The molecule has 2 heterocycles. The van der Waals surface area contributed by atoms with E-state index < -0.39 is 5.60 Å². The first kappa shape index (κ1) is 28.8. The van der Waals surface area contributed by atoms with Crippen LogP contribution in [0.5, 0.6) is 0 Å². The van der Waals surface area contributed by atoms with E-state index in [0.29, 0.717) is 38.3 Å². The summed E-state index contributed by atoms with van der Waals surface area (Å²) in [6.07, 6.45) is 0.941. The first-order valence-corrected chi connectivity index (χ1v) is 15.0. The second kappa shape index (κ2) is 12.9. The van der Waals surface area contributed by atoms with Crippen LogP contribution in [0.15, 0.2) is 83.6 Å². The quantitative estimate of drug-likeness (QED) is 0.204. The van der Waals surface area contributed by atoms with Crippen LogP contribution in [-0.2, 0) is 27.2 Å². The third kappa shape index (κ3) is 7.75. The second-order valence-electron chi connectivity index (χ2n) is 11.5. The number of carbonyl (C=O) groups excluding carboxylic acids is 2. The van der Waals surface area contributed by atoms with Crippen LogP contribution in [0, 0.1) is 0 Å². The molecule has 1 saturated heterocycles. The Morgan fingerprint density at radius 1 is 0.951 bits per heavy atom. The van der Waals surface area contributed by atoms with Crippen molar-refractivity contribution in [3.8, 4) is 0 Å². The van der Waals surface area contributed by atoms with E-state index in [1.54, 1.807) is 16.3 Å². The number of hydrogen-bond acceptors (Lipinski definition) is 6. The zero-order chi connectivity index (χ0) is 28.8. The molecule has 2 unspecified atom stereocenters. The van der Waals surface area contributed by atoms with Gasteiger partial charge in [0.2, 0.25) is 0 Å². The summed E-state index contributed by atoms with van der Waals surface area (Å²) in [7, 11) is 0. The number of rotatable bonds is 8. The van der Waals surface area contributed by atoms with Gasteiger partial charge in [0.05, 0.1) is 31.4 Å². The molecule has 4 aromatic rings. The molecule has 0 N–H and O–H groups in total. The number of benzene rings is 3. The number of ether oxygens (including phenoxy) is 3. The van der Waals surface area contributed by atoms with Gasteiger partial charge in [0.25, 0.3) is 0 Å². The molecule has 41 heavy (non-hydrogen) atoms. The molecule has 1 aliphatic rings. The van der Waals surface area contributed by atoms with E-state index in [-0.39, 0.29) is 24.1 Å². The van der Waals surface area contributed by atoms with Crippen molar-refractivity contribution in [1.29, 1.82) is 0 Å². The lowest BCUT2D eigenvalue weighted by Crippen LogP contribution is -2.48. The van der Waals surface area contributed by atoms with Gasteiger partial charge in [0, 0.05) is 24.3 Å². The number of piperidine rings is 1. The van der Waals surface area contributed by atoms with Crippen molar-refractivity contribution >= 4 is 34.2 Å². The molecule has 7 heteroatoms. The number of hydrogen-bond donors (Lipinski definition) is 0. The Morgan fingerprint density at radius 2 is 1.71 bits per heavy atom. The smallest absolute Gasteiger partial charge is 0.410 e. The minimum Gasteiger partial charge on any atom is -0.462 e. The molecule has 2 atom stereocenters. The van der Waals surface area contributed by atoms with Crippen LogP contribution in [0.25, 0.3) is 10.8 Å². The van der Waals surface area contributed by atoms with E-state index in [1.165, 1.54) is 27.7 Å². The molecular formula is C34H37NO5S. The summed E-state index contributed by atoms with van der Waals surface area (Å²) >= 11 is 1.48. The van der Waals surface area contributed by atoms with Crippen LogP contribution in [0.2, 0.25) is 0 Å². The van der Waals surface area contributed by atoms with Gasteiger partial charge in [-0.05, 0) is 72.2 Å². The molecule has 0 aliphatic carbocycles. The maximum Gasteiger partial charge on any atom is 0.410 e. The normalized spacial score (nSPS) is 17.4. The first-order valence-electron chi connectivity index (χ1n) is 14.1. The third-order valence-electron chi connectivity index (χ3n) is 7.28. The van der Waals surface area contributed by atoms with Crippen molar-refractivity contribution in [2.24, 2.45) is 0 Å². The lowest BCUT2D eigenvalue weighted by atomic mass is 9.86. The lowest BCUT2D eigenvalue weighted by molar-refractivity contribution is -0.0359. The summed E-state index contributed by atoms with van der Waals surface area (Å²) in [5, 5.41) is 6.04. The van der Waals surface area contributed by atoms with E-state index in [2.05, 4.69) is 54.6 Å². The fraction of sp³-hybridized carbons (Fsp3) is 0.353. The van der Waals surface area contributed by atoms with Crippen molar-refractivity contribution in [3.05, 3.63) is 106 Å². The van der Waals surface area contributed by atoms with E-state index in [4.69, 9.17) is 14.2 Å². The maximum absolute atomic E-state index is 12.9. The Kier molecular flexibility index (Phi) is 9.06. The lowest BCUT2D eigenvalue weighted by Gasteiger charge is -2.39. The molecule has 1 aromatic heterocycles. The molecule has 1 aliphatic heterocycles. The van der Waals surface area contributed by atoms with Gasteiger partial charge < -0.3 is 19.1 Å². The molecule has 6 nitrogen and oxygen atoms in total. The summed E-state index contributed by atoms with van der Waals surface area (Å²) in [4.78, 5) is 26.8. The van der Waals surface area contributed by atoms with Crippen molar-refractivity contribution < 1.29 is 23.8 Å². The molecule has 5 rings (SSSR count). The summed E-state index contributed by atoms with van der Waals surface area (Å²) in [5.74, 6) is -0.148. The average Bonchev–Trinajstić information content (AvgIpc) is 3.51. The van der Waals surface area contributed by atoms with Gasteiger partial charge in [-0.1, -0.05) is 60.7 Å². The standard InChI is InChI=1S/C34H37NO5S/c1-34(2,3)40-33(37)35-17-14-30(31(21-35)39-22-25-10-11-26-6-4-5-7-28(26)20-25)27-12-8-24(9-13-27)15-18-38-32(36)29-16-19-41-23-29/h4-13,16,19-20,23,30-31H,14-15,17-18,21-22H2,1-3H3. The Balaban J connectivity index is 1.25. The number of likely N-dealkylation sites (tertiary alicyclic amines) is 1. The highest BCUT2D eigenvalue weighted by Crippen LogP contribution is 2.32. The number of amides is 1. The monoisotopic (exact) mass is 571 g/mol. The van der Waals surface area contributed by atoms with Gasteiger partial charge >= 0.3 is 12.1 Å². The Labute approximate surface area is 245 Å². The average molecular weight is 572 g/mol. The van der Waals surface area contributed by atoms with Gasteiger partial charge in [-0.3, -0.25) is 0 Å².